The van der Waals surface area contributed by atoms with Crippen LogP contribution in [0.1, 0.15) is 29.5 Å². The molecule has 0 saturated heterocycles. The second kappa shape index (κ2) is 8.23. The van der Waals surface area contributed by atoms with E-state index >= 15 is 0 Å². The monoisotopic (exact) mass is 409 g/mol. The molecule has 0 atom stereocenters. The fourth-order valence-electron chi connectivity index (χ4n) is 4.39. The molecule has 156 valence electrons. The highest BCUT2D eigenvalue weighted by Gasteiger charge is 2.27. The summed E-state index contributed by atoms with van der Waals surface area (Å²) < 4.78 is 0. The maximum Gasteiger partial charge on any atom is 0.146 e. The Labute approximate surface area is 183 Å². The second-order valence-corrected chi connectivity index (χ2v) is 8.22. The summed E-state index contributed by atoms with van der Waals surface area (Å²) in [6.07, 6.45) is 10.4. The number of nitrogens with zero attached hydrogens (tertiary/aromatic N) is 2. The molecule has 3 aromatic rings. The lowest BCUT2D eigenvalue weighted by molar-refractivity contribution is 0.468. The van der Waals surface area contributed by atoms with Crippen LogP contribution in [0.4, 0.5) is 17.1 Å². The number of benzene rings is 3. The van der Waals surface area contributed by atoms with Crippen molar-refractivity contribution in [3.05, 3.63) is 107 Å². The first-order valence-corrected chi connectivity index (χ1v) is 10.8. The van der Waals surface area contributed by atoms with Gasteiger partial charge in [-0.15, -0.1) is 0 Å². The largest absolute Gasteiger partial charge is 0.505 e. The summed E-state index contributed by atoms with van der Waals surface area (Å²) in [5, 5.41) is 15.3. The van der Waals surface area contributed by atoms with Crippen LogP contribution in [0, 0.1) is 0 Å². The van der Waals surface area contributed by atoms with Crippen LogP contribution >= 0.6 is 0 Å². The van der Waals surface area contributed by atoms with Gasteiger partial charge in [-0.2, -0.15) is 5.12 Å². The molecule has 0 saturated carbocycles. The molecule has 5 rings (SSSR count). The zero-order valence-electron chi connectivity index (χ0n) is 17.8. The predicted molar refractivity (Wildman–Crippen MR) is 128 cm³/mol. The fraction of sp³-hybridized carbons (Fsp3) is 0.185. The van der Waals surface area contributed by atoms with E-state index in [1.54, 1.807) is 0 Å². The van der Waals surface area contributed by atoms with E-state index in [1.165, 1.54) is 16.7 Å². The smallest absolute Gasteiger partial charge is 0.146 e. The van der Waals surface area contributed by atoms with Gasteiger partial charge in [0.25, 0.3) is 0 Å². The van der Waals surface area contributed by atoms with Gasteiger partial charge < -0.3 is 5.11 Å². The van der Waals surface area contributed by atoms with Crippen LogP contribution < -0.4 is 15.6 Å². The number of aromatic hydroxyl groups is 1. The minimum absolute atomic E-state index is 0.317. The molecule has 2 aliphatic rings. The number of hydrazine groups is 2. The van der Waals surface area contributed by atoms with Gasteiger partial charge in [0.05, 0.1) is 11.4 Å². The second-order valence-electron chi connectivity index (χ2n) is 8.22. The van der Waals surface area contributed by atoms with Crippen molar-refractivity contribution in [2.45, 2.75) is 25.7 Å². The molecule has 0 spiro atoms. The third-order valence-corrected chi connectivity index (χ3v) is 6.00. The van der Waals surface area contributed by atoms with Crippen molar-refractivity contribution in [1.29, 1.82) is 0 Å². The molecule has 0 radical (unpaired) electrons. The van der Waals surface area contributed by atoms with E-state index in [1.807, 2.05) is 47.5 Å². The molecule has 0 amide bonds. The third-order valence-electron chi connectivity index (χ3n) is 6.00. The van der Waals surface area contributed by atoms with E-state index < -0.39 is 0 Å². The van der Waals surface area contributed by atoms with Gasteiger partial charge in [0, 0.05) is 19.0 Å². The molecule has 0 unspecified atom stereocenters. The Morgan fingerprint density at radius 1 is 0.903 bits per heavy atom. The van der Waals surface area contributed by atoms with Gasteiger partial charge in [-0.05, 0) is 48.6 Å². The Morgan fingerprint density at radius 2 is 1.71 bits per heavy atom. The van der Waals surface area contributed by atoms with Crippen molar-refractivity contribution < 1.29 is 5.11 Å². The molecule has 0 bridgehead atoms. The highest BCUT2D eigenvalue weighted by molar-refractivity contribution is 5.82. The average Bonchev–Trinajstić information content (AvgIpc) is 3.14. The van der Waals surface area contributed by atoms with E-state index in [4.69, 9.17) is 0 Å². The van der Waals surface area contributed by atoms with Crippen LogP contribution in [-0.4, -0.2) is 12.2 Å². The molecule has 4 nitrogen and oxygen atoms in total. The zero-order valence-corrected chi connectivity index (χ0v) is 17.8. The van der Waals surface area contributed by atoms with Crippen LogP contribution in [0.25, 0.3) is 0 Å². The lowest BCUT2D eigenvalue weighted by Crippen LogP contribution is -2.39. The summed E-state index contributed by atoms with van der Waals surface area (Å²) in [6.45, 7) is 0. The lowest BCUT2D eigenvalue weighted by Gasteiger charge is -2.29. The van der Waals surface area contributed by atoms with Gasteiger partial charge in [0.1, 0.15) is 11.4 Å². The van der Waals surface area contributed by atoms with E-state index in [2.05, 4.69) is 60.1 Å². The van der Waals surface area contributed by atoms with E-state index in [-0.39, 0.29) is 0 Å². The minimum Gasteiger partial charge on any atom is -0.505 e. The molecule has 31 heavy (non-hydrogen) atoms. The molecular weight excluding hydrogens is 382 g/mol. The highest BCUT2D eigenvalue weighted by atomic mass is 16.3. The Hall–Kier alpha value is -3.66. The van der Waals surface area contributed by atoms with Crippen molar-refractivity contribution in [2.75, 3.05) is 22.6 Å². The first kappa shape index (κ1) is 19.3. The van der Waals surface area contributed by atoms with Gasteiger partial charge in [0.15, 0.2) is 0 Å². The summed E-state index contributed by atoms with van der Waals surface area (Å²) >= 11 is 0. The van der Waals surface area contributed by atoms with Gasteiger partial charge in [-0.25, -0.2) is 0 Å². The number of hydrogen-bond acceptors (Lipinski definition) is 4. The number of allylic oxidation sites excluding steroid dienone is 4. The minimum atomic E-state index is 0.317. The van der Waals surface area contributed by atoms with Crippen LogP contribution in [0.5, 0.6) is 5.75 Å². The number of anilines is 3. The molecule has 3 aromatic carbocycles. The van der Waals surface area contributed by atoms with Crippen molar-refractivity contribution in [2.24, 2.45) is 0 Å². The molecule has 0 aromatic heterocycles. The highest BCUT2D eigenvalue weighted by Crippen LogP contribution is 2.41. The Bertz CT molecular complexity index is 1150. The van der Waals surface area contributed by atoms with Crippen molar-refractivity contribution in [3.8, 4) is 5.75 Å². The molecule has 0 fully saturated rings. The number of para-hydroxylation sites is 2. The Morgan fingerprint density at radius 3 is 2.48 bits per heavy atom. The van der Waals surface area contributed by atoms with E-state index in [0.717, 1.165) is 41.9 Å². The number of phenolic OH excluding ortho intramolecular Hbond substituents is 1. The Balaban J connectivity index is 1.54. The number of phenols is 1. The van der Waals surface area contributed by atoms with E-state index in [0.29, 0.717) is 12.2 Å². The normalized spacial score (nSPS) is 14.9. The lowest BCUT2D eigenvalue weighted by atomic mass is 9.94. The molecule has 2 N–H and O–H groups in total. The maximum atomic E-state index is 11.3. The summed E-state index contributed by atoms with van der Waals surface area (Å²) in [7, 11) is 2.01. The van der Waals surface area contributed by atoms with Crippen molar-refractivity contribution in [1.82, 2.24) is 0 Å². The van der Waals surface area contributed by atoms with E-state index in [9.17, 15) is 5.11 Å². The van der Waals surface area contributed by atoms with Gasteiger partial charge in [0.2, 0.25) is 0 Å². The SMILES string of the molecule is CN1c2ccccc2NN1c1cc(CC2=CC=CCC2)cc(Cc2ccccc2)c1O. The Kier molecular flexibility index (Phi) is 5.13. The summed E-state index contributed by atoms with van der Waals surface area (Å²) in [6, 6.07) is 22.8. The zero-order chi connectivity index (χ0) is 21.2. The molecule has 1 heterocycles. The van der Waals surface area contributed by atoms with Gasteiger partial charge >= 0.3 is 0 Å². The van der Waals surface area contributed by atoms with Crippen molar-refractivity contribution >= 4 is 17.1 Å². The molecule has 4 heteroatoms. The summed E-state index contributed by atoms with van der Waals surface area (Å²) in [4.78, 5) is 0. The van der Waals surface area contributed by atoms with Crippen molar-refractivity contribution in [3.63, 3.8) is 0 Å². The average molecular weight is 410 g/mol. The van der Waals surface area contributed by atoms with Crippen LogP contribution in [0.15, 0.2) is 90.5 Å². The first-order chi connectivity index (χ1) is 15.2. The maximum absolute atomic E-state index is 11.3. The fourth-order valence-corrected chi connectivity index (χ4v) is 4.39. The van der Waals surface area contributed by atoms with Gasteiger partial charge in [-0.3, -0.25) is 10.4 Å². The molecule has 1 aliphatic heterocycles. The number of hydrogen-bond donors (Lipinski definition) is 2. The molecule has 1 aliphatic carbocycles. The van der Waals surface area contributed by atoms with Crippen LogP contribution in [0.2, 0.25) is 0 Å². The number of rotatable bonds is 5. The van der Waals surface area contributed by atoms with Gasteiger partial charge in [-0.1, -0.05) is 72.3 Å². The number of nitrogens with one attached hydrogen (secondary N) is 1. The first-order valence-electron chi connectivity index (χ1n) is 10.8. The molecular formula is C27H27N3O. The predicted octanol–water partition coefficient (Wildman–Crippen LogP) is 6.00. The topological polar surface area (TPSA) is 38.7 Å². The quantitative estimate of drug-likeness (QED) is 0.542. The van der Waals surface area contributed by atoms with Crippen LogP contribution in [-0.2, 0) is 12.8 Å². The summed E-state index contributed by atoms with van der Waals surface area (Å²) in [5.74, 6) is 0.317. The van der Waals surface area contributed by atoms with Crippen LogP contribution in [0.3, 0.4) is 0 Å². The third kappa shape index (κ3) is 3.89. The summed E-state index contributed by atoms with van der Waals surface area (Å²) in [5.41, 5.74) is 11.1. The number of fused-ring (bicyclic) bond motifs is 1. The standard InChI is InChI=1S/C27H27N3O/c1-29-25-15-9-8-14-24(25)28-30(29)26-19-22(16-20-10-4-2-5-11-20)18-23(27(26)31)17-21-12-6-3-7-13-21/h2-4,6-10,12-15,18-19,28,31H,5,11,16-17H2,1H3.